The average Bonchev–Trinajstić information content (AvgIpc) is 2.48. The molecule has 3 heteroatoms. The minimum atomic E-state index is 0.275. The molecule has 1 aromatic rings. The molecule has 2 rings (SSSR count). The normalized spacial score (nSPS) is 23.9. The third-order valence-corrected chi connectivity index (χ3v) is 4.68. The van der Waals surface area contributed by atoms with Crippen LogP contribution < -0.4 is 0 Å². The van der Waals surface area contributed by atoms with Gasteiger partial charge in [-0.15, -0.1) is 0 Å². The van der Waals surface area contributed by atoms with Crippen molar-refractivity contribution in [1.82, 2.24) is 4.90 Å². The Morgan fingerprint density at radius 2 is 2.00 bits per heavy atom. The van der Waals surface area contributed by atoms with Crippen molar-refractivity contribution < 1.29 is 5.11 Å². The average molecular weight is 296 g/mol. The lowest BCUT2D eigenvalue weighted by Gasteiger charge is -2.38. The first-order valence-electron chi connectivity index (χ1n) is 7.83. The molecule has 0 aromatic heterocycles. The summed E-state index contributed by atoms with van der Waals surface area (Å²) >= 11 is 5.96. The fourth-order valence-corrected chi connectivity index (χ4v) is 3.36. The van der Waals surface area contributed by atoms with Crippen molar-refractivity contribution in [2.24, 2.45) is 5.92 Å². The zero-order valence-electron chi connectivity index (χ0n) is 12.4. The van der Waals surface area contributed by atoms with E-state index >= 15 is 0 Å². The van der Waals surface area contributed by atoms with Crippen molar-refractivity contribution in [1.29, 1.82) is 0 Å². The Morgan fingerprint density at radius 1 is 1.25 bits per heavy atom. The molecule has 112 valence electrons. The number of benzene rings is 1. The lowest BCUT2D eigenvalue weighted by atomic mass is 9.81. The van der Waals surface area contributed by atoms with Gasteiger partial charge in [0.1, 0.15) is 0 Å². The van der Waals surface area contributed by atoms with Gasteiger partial charge in [-0.05, 0) is 49.5 Å². The van der Waals surface area contributed by atoms with Gasteiger partial charge in [-0.1, -0.05) is 43.5 Å². The van der Waals surface area contributed by atoms with Gasteiger partial charge in [0.25, 0.3) is 0 Å². The molecule has 1 N–H and O–H groups in total. The summed E-state index contributed by atoms with van der Waals surface area (Å²) in [5.74, 6) is 0.825. The van der Waals surface area contributed by atoms with Crippen LogP contribution in [-0.2, 0) is 0 Å². The zero-order chi connectivity index (χ0) is 14.4. The summed E-state index contributed by atoms with van der Waals surface area (Å²) < 4.78 is 0. The number of aliphatic hydroxyl groups excluding tert-OH is 1. The smallest absolute Gasteiger partial charge is 0.0477 e. The molecule has 0 bridgehead atoms. The molecule has 1 aliphatic heterocycles. The molecule has 1 aromatic carbocycles. The Kier molecular flexibility index (Phi) is 6.34. The fraction of sp³-hybridized carbons (Fsp3) is 0.647. The lowest BCUT2D eigenvalue weighted by molar-refractivity contribution is 0.101. The second-order valence-electron chi connectivity index (χ2n) is 5.90. The standard InChI is InChI=1S/C17H26ClNO/c1-2-3-4-10-19-11-9-17(15(12-19)13-20)14-5-7-16(18)8-6-14/h5-8,15,17,20H,2-4,9-13H2,1H3. The van der Waals surface area contributed by atoms with E-state index in [2.05, 4.69) is 24.0 Å². The van der Waals surface area contributed by atoms with Gasteiger partial charge in [-0.25, -0.2) is 0 Å². The summed E-state index contributed by atoms with van der Waals surface area (Å²) in [7, 11) is 0. The monoisotopic (exact) mass is 295 g/mol. The molecule has 20 heavy (non-hydrogen) atoms. The van der Waals surface area contributed by atoms with Crippen molar-refractivity contribution in [3.05, 3.63) is 34.9 Å². The molecule has 0 radical (unpaired) electrons. The first-order chi connectivity index (χ1) is 9.74. The van der Waals surface area contributed by atoms with E-state index < -0.39 is 0 Å². The van der Waals surface area contributed by atoms with Crippen molar-refractivity contribution >= 4 is 11.6 Å². The minimum absolute atomic E-state index is 0.275. The molecule has 0 saturated carbocycles. The lowest BCUT2D eigenvalue weighted by Crippen LogP contribution is -2.41. The molecule has 2 unspecified atom stereocenters. The van der Waals surface area contributed by atoms with Gasteiger partial charge < -0.3 is 10.0 Å². The molecule has 1 fully saturated rings. The van der Waals surface area contributed by atoms with Gasteiger partial charge in [0, 0.05) is 24.1 Å². The van der Waals surface area contributed by atoms with Crippen molar-refractivity contribution in [3.63, 3.8) is 0 Å². The molecule has 1 heterocycles. The summed E-state index contributed by atoms with van der Waals surface area (Å²) in [6, 6.07) is 8.14. The maximum Gasteiger partial charge on any atom is 0.0477 e. The summed E-state index contributed by atoms with van der Waals surface area (Å²) in [6.07, 6.45) is 4.99. The Balaban J connectivity index is 1.94. The highest BCUT2D eigenvalue weighted by Crippen LogP contribution is 2.33. The number of likely N-dealkylation sites (tertiary alicyclic amines) is 1. The molecule has 2 nitrogen and oxygen atoms in total. The van der Waals surface area contributed by atoms with Crippen LogP contribution in [0, 0.1) is 5.92 Å². The SMILES string of the molecule is CCCCCN1CCC(c2ccc(Cl)cc2)C(CO)C1. The zero-order valence-corrected chi connectivity index (χ0v) is 13.1. The van der Waals surface area contributed by atoms with E-state index in [9.17, 15) is 5.11 Å². The predicted molar refractivity (Wildman–Crippen MR) is 85.4 cm³/mol. The third kappa shape index (κ3) is 4.21. The Bertz CT molecular complexity index is 392. The maximum atomic E-state index is 9.71. The molecule has 2 atom stereocenters. The Labute approximate surface area is 127 Å². The van der Waals surface area contributed by atoms with Crippen LogP contribution in [0.3, 0.4) is 0 Å². The summed E-state index contributed by atoms with van der Waals surface area (Å²) in [4.78, 5) is 2.52. The number of aliphatic hydroxyl groups is 1. The van der Waals surface area contributed by atoms with Crippen molar-refractivity contribution in [2.75, 3.05) is 26.2 Å². The molecule has 0 spiro atoms. The first kappa shape index (κ1) is 15.8. The van der Waals surface area contributed by atoms with Crippen LogP contribution in [0.15, 0.2) is 24.3 Å². The van der Waals surface area contributed by atoms with Crippen LogP contribution in [0.2, 0.25) is 5.02 Å². The van der Waals surface area contributed by atoms with Gasteiger partial charge in [0.15, 0.2) is 0 Å². The number of unbranched alkanes of at least 4 members (excludes halogenated alkanes) is 2. The van der Waals surface area contributed by atoms with E-state index in [-0.39, 0.29) is 6.61 Å². The van der Waals surface area contributed by atoms with E-state index in [0.717, 1.165) is 24.5 Å². The largest absolute Gasteiger partial charge is 0.396 e. The van der Waals surface area contributed by atoms with E-state index in [0.29, 0.717) is 11.8 Å². The molecule has 1 saturated heterocycles. The van der Waals surface area contributed by atoms with E-state index in [4.69, 9.17) is 11.6 Å². The summed E-state index contributed by atoms with van der Waals surface area (Å²) in [5.41, 5.74) is 1.32. The summed E-state index contributed by atoms with van der Waals surface area (Å²) in [6.45, 7) is 5.86. The van der Waals surface area contributed by atoms with Crippen LogP contribution in [0.4, 0.5) is 0 Å². The van der Waals surface area contributed by atoms with Crippen molar-refractivity contribution in [2.45, 2.75) is 38.5 Å². The molecule has 1 aliphatic rings. The third-order valence-electron chi connectivity index (χ3n) is 4.43. The molecular formula is C17H26ClNO. The molecule has 0 amide bonds. The van der Waals surface area contributed by atoms with Crippen LogP contribution in [0.25, 0.3) is 0 Å². The molecule has 0 aliphatic carbocycles. The van der Waals surface area contributed by atoms with Gasteiger partial charge in [-0.2, -0.15) is 0 Å². The first-order valence-corrected chi connectivity index (χ1v) is 8.21. The number of halogens is 1. The topological polar surface area (TPSA) is 23.5 Å². The number of hydrogen-bond acceptors (Lipinski definition) is 2. The number of nitrogens with zero attached hydrogens (tertiary/aromatic N) is 1. The number of piperidine rings is 1. The number of rotatable bonds is 6. The maximum absolute atomic E-state index is 9.71. The Morgan fingerprint density at radius 3 is 2.65 bits per heavy atom. The second kappa shape index (κ2) is 8.02. The second-order valence-corrected chi connectivity index (χ2v) is 6.33. The van der Waals surface area contributed by atoms with Gasteiger partial charge in [0.05, 0.1) is 0 Å². The van der Waals surface area contributed by atoms with E-state index in [1.54, 1.807) is 0 Å². The van der Waals surface area contributed by atoms with Gasteiger partial charge in [-0.3, -0.25) is 0 Å². The van der Waals surface area contributed by atoms with E-state index in [1.807, 2.05) is 12.1 Å². The van der Waals surface area contributed by atoms with Crippen LogP contribution >= 0.6 is 11.6 Å². The highest BCUT2D eigenvalue weighted by atomic mass is 35.5. The van der Waals surface area contributed by atoms with Crippen LogP contribution in [0.5, 0.6) is 0 Å². The van der Waals surface area contributed by atoms with Gasteiger partial charge in [0.2, 0.25) is 0 Å². The minimum Gasteiger partial charge on any atom is -0.396 e. The Hall–Kier alpha value is -0.570. The molecular weight excluding hydrogens is 270 g/mol. The highest BCUT2D eigenvalue weighted by molar-refractivity contribution is 6.30. The van der Waals surface area contributed by atoms with Gasteiger partial charge >= 0.3 is 0 Å². The predicted octanol–water partition coefficient (Wildman–Crippen LogP) is 3.93. The van der Waals surface area contributed by atoms with E-state index in [1.165, 1.54) is 31.4 Å². The quantitative estimate of drug-likeness (QED) is 0.804. The highest BCUT2D eigenvalue weighted by Gasteiger charge is 2.29. The van der Waals surface area contributed by atoms with Crippen molar-refractivity contribution in [3.8, 4) is 0 Å². The van der Waals surface area contributed by atoms with Crippen LogP contribution in [-0.4, -0.2) is 36.2 Å². The summed E-state index contributed by atoms with van der Waals surface area (Å²) in [5, 5.41) is 10.5. The van der Waals surface area contributed by atoms with Crippen LogP contribution in [0.1, 0.15) is 44.1 Å². The fourth-order valence-electron chi connectivity index (χ4n) is 3.23. The number of hydrogen-bond donors (Lipinski definition) is 1.